The van der Waals surface area contributed by atoms with E-state index in [0.29, 0.717) is 11.4 Å². The molecule has 0 fully saturated rings. The van der Waals surface area contributed by atoms with Gasteiger partial charge in [-0.25, -0.2) is 4.68 Å². The summed E-state index contributed by atoms with van der Waals surface area (Å²) >= 11 is 5.91. The second-order valence-electron chi connectivity index (χ2n) is 5.32. The fourth-order valence-corrected chi connectivity index (χ4v) is 1.89. The number of alkyl halides is 1. The van der Waals surface area contributed by atoms with E-state index in [9.17, 15) is 4.79 Å². The van der Waals surface area contributed by atoms with E-state index in [0.717, 1.165) is 5.69 Å². The number of carbonyl (C=O) groups is 1. The molecule has 106 valence electrons. The van der Waals surface area contributed by atoms with Crippen molar-refractivity contribution >= 4 is 17.5 Å². The number of halogens is 1. The van der Waals surface area contributed by atoms with Gasteiger partial charge in [0, 0.05) is 19.1 Å². The predicted molar refractivity (Wildman–Crippen MR) is 80.5 cm³/mol. The topological polar surface area (TPSA) is 38.1 Å². The molecule has 20 heavy (non-hydrogen) atoms. The number of carbonyl (C=O) groups excluding carboxylic acids is 1. The van der Waals surface area contributed by atoms with Gasteiger partial charge in [-0.2, -0.15) is 5.10 Å². The van der Waals surface area contributed by atoms with E-state index in [2.05, 4.69) is 5.10 Å². The molecule has 1 aromatic heterocycles. The van der Waals surface area contributed by atoms with Gasteiger partial charge in [0.25, 0.3) is 5.91 Å². The SMILES string of the molecule is CN(C(=O)c1cnn(-c2ccccc2)c1)C(C)(C)CCl. The van der Waals surface area contributed by atoms with Crippen LogP contribution in [0.2, 0.25) is 0 Å². The van der Waals surface area contributed by atoms with Crippen molar-refractivity contribution in [1.29, 1.82) is 0 Å². The summed E-state index contributed by atoms with van der Waals surface area (Å²) in [6.45, 7) is 3.86. The smallest absolute Gasteiger partial charge is 0.257 e. The molecular weight excluding hydrogens is 274 g/mol. The summed E-state index contributed by atoms with van der Waals surface area (Å²) in [6.07, 6.45) is 3.31. The van der Waals surface area contributed by atoms with Gasteiger partial charge in [-0.3, -0.25) is 4.79 Å². The lowest BCUT2D eigenvalue weighted by atomic mass is 10.1. The van der Waals surface area contributed by atoms with E-state index in [1.807, 2.05) is 44.2 Å². The number of hydrogen-bond acceptors (Lipinski definition) is 2. The second kappa shape index (κ2) is 5.67. The number of amides is 1. The molecule has 0 spiro atoms. The highest BCUT2D eigenvalue weighted by atomic mass is 35.5. The first-order valence-corrected chi connectivity index (χ1v) is 6.93. The third kappa shape index (κ3) is 2.85. The molecule has 2 aromatic rings. The maximum atomic E-state index is 12.4. The minimum absolute atomic E-state index is 0.0853. The fourth-order valence-electron chi connectivity index (χ4n) is 1.71. The lowest BCUT2D eigenvalue weighted by Crippen LogP contribution is -2.46. The van der Waals surface area contributed by atoms with Crippen LogP contribution in [-0.2, 0) is 0 Å². The summed E-state index contributed by atoms with van der Waals surface area (Å²) in [4.78, 5) is 14.1. The van der Waals surface area contributed by atoms with E-state index in [4.69, 9.17) is 11.6 Å². The first-order valence-electron chi connectivity index (χ1n) is 6.40. The van der Waals surface area contributed by atoms with Gasteiger partial charge in [0.2, 0.25) is 0 Å². The number of aromatic nitrogens is 2. The lowest BCUT2D eigenvalue weighted by molar-refractivity contribution is 0.0660. The molecule has 0 aliphatic carbocycles. The molecule has 5 heteroatoms. The Hall–Kier alpha value is -1.81. The Kier molecular flexibility index (Phi) is 4.14. The molecule has 1 aromatic carbocycles. The Bertz CT molecular complexity index is 592. The molecule has 0 unspecified atom stereocenters. The van der Waals surface area contributed by atoms with Crippen LogP contribution < -0.4 is 0 Å². The van der Waals surface area contributed by atoms with Crippen molar-refractivity contribution in [3.63, 3.8) is 0 Å². The molecule has 0 bridgehead atoms. The normalized spacial score (nSPS) is 11.4. The Morgan fingerprint density at radius 1 is 1.35 bits per heavy atom. The minimum Gasteiger partial charge on any atom is -0.335 e. The van der Waals surface area contributed by atoms with E-state index < -0.39 is 5.54 Å². The molecule has 1 heterocycles. The molecule has 0 N–H and O–H groups in total. The van der Waals surface area contributed by atoms with Crippen molar-refractivity contribution < 1.29 is 4.79 Å². The van der Waals surface area contributed by atoms with Gasteiger partial charge >= 0.3 is 0 Å². The Morgan fingerprint density at radius 2 is 2.00 bits per heavy atom. The highest BCUT2D eigenvalue weighted by Crippen LogP contribution is 2.18. The molecule has 0 atom stereocenters. The fraction of sp³-hybridized carbons (Fsp3) is 0.333. The van der Waals surface area contributed by atoms with E-state index in [1.165, 1.54) is 0 Å². The van der Waals surface area contributed by atoms with Crippen molar-refractivity contribution in [2.75, 3.05) is 12.9 Å². The average molecular weight is 292 g/mol. The molecule has 1 amide bonds. The number of rotatable bonds is 4. The van der Waals surface area contributed by atoms with Crippen molar-refractivity contribution in [2.45, 2.75) is 19.4 Å². The van der Waals surface area contributed by atoms with Crippen molar-refractivity contribution in [3.05, 3.63) is 48.3 Å². The van der Waals surface area contributed by atoms with Gasteiger partial charge in [0.05, 0.1) is 23.0 Å². The number of benzene rings is 1. The van der Waals surface area contributed by atoms with Gasteiger partial charge in [0.15, 0.2) is 0 Å². The average Bonchev–Trinajstić information content (AvgIpc) is 2.96. The number of hydrogen-bond donors (Lipinski definition) is 0. The van der Waals surface area contributed by atoms with Crippen molar-refractivity contribution in [3.8, 4) is 5.69 Å². The second-order valence-corrected chi connectivity index (χ2v) is 5.59. The van der Waals surface area contributed by atoms with Gasteiger partial charge in [0.1, 0.15) is 0 Å². The highest BCUT2D eigenvalue weighted by molar-refractivity contribution is 6.18. The Morgan fingerprint density at radius 3 is 2.60 bits per heavy atom. The van der Waals surface area contributed by atoms with Crippen LogP contribution in [0.25, 0.3) is 5.69 Å². The van der Waals surface area contributed by atoms with Gasteiger partial charge in [-0.1, -0.05) is 18.2 Å². The molecular formula is C15H18ClN3O. The van der Waals surface area contributed by atoms with Crippen LogP contribution in [0.4, 0.5) is 0 Å². The highest BCUT2D eigenvalue weighted by Gasteiger charge is 2.28. The van der Waals surface area contributed by atoms with E-state index >= 15 is 0 Å². The molecule has 0 radical (unpaired) electrons. The molecule has 0 aliphatic heterocycles. The van der Waals surface area contributed by atoms with Gasteiger partial charge in [-0.05, 0) is 26.0 Å². The number of para-hydroxylation sites is 1. The predicted octanol–water partition coefficient (Wildman–Crippen LogP) is 2.96. The maximum absolute atomic E-state index is 12.4. The molecule has 2 rings (SSSR count). The third-order valence-corrected chi connectivity index (χ3v) is 4.04. The van der Waals surface area contributed by atoms with Crippen LogP contribution in [0, 0.1) is 0 Å². The minimum atomic E-state index is -0.395. The lowest BCUT2D eigenvalue weighted by Gasteiger charge is -2.33. The first-order chi connectivity index (χ1) is 9.45. The van der Waals surface area contributed by atoms with Crippen LogP contribution in [0.5, 0.6) is 0 Å². The summed E-state index contributed by atoms with van der Waals surface area (Å²) in [6, 6.07) is 9.68. The Balaban J connectivity index is 2.23. The maximum Gasteiger partial charge on any atom is 0.257 e. The molecule has 4 nitrogen and oxygen atoms in total. The molecule has 0 aliphatic rings. The van der Waals surface area contributed by atoms with Gasteiger partial charge < -0.3 is 4.90 Å². The quantitative estimate of drug-likeness (QED) is 0.812. The largest absolute Gasteiger partial charge is 0.335 e. The van der Waals surface area contributed by atoms with Crippen LogP contribution in [0.15, 0.2) is 42.7 Å². The van der Waals surface area contributed by atoms with Crippen LogP contribution >= 0.6 is 11.6 Å². The summed E-state index contributed by atoms with van der Waals surface area (Å²) in [5, 5.41) is 4.23. The van der Waals surface area contributed by atoms with Crippen molar-refractivity contribution in [2.24, 2.45) is 0 Å². The van der Waals surface area contributed by atoms with E-state index in [1.54, 1.807) is 29.0 Å². The monoisotopic (exact) mass is 291 g/mol. The zero-order chi connectivity index (χ0) is 14.8. The summed E-state index contributed by atoms with van der Waals surface area (Å²) < 4.78 is 1.69. The zero-order valence-corrected chi connectivity index (χ0v) is 12.6. The summed E-state index contributed by atoms with van der Waals surface area (Å²) in [5.41, 5.74) is 1.08. The zero-order valence-electron chi connectivity index (χ0n) is 11.9. The standard InChI is InChI=1S/C15H18ClN3O/c1-15(2,11-16)18(3)14(20)12-9-17-19(10-12)13-7-5-4-6-8-13/h4-10H,11H2,1-3H3. The third-order valence-electron chi connectivity index (χ3n) is 3.39. The molecule has 0 saturated carbocycles. The van der Waals surface area contributed by atoms with Crippen LogP contribution in [0.1, 0.15) is 24.2 Å². The summed E-state index contributed by atoms with van der Waals surface area (Å²) in [5.74, 6) is 0.292. The first kappa shape index (κ1) is 14.6. The van der Waals surface area contributed by atoms with Crippen LogP contribution in [0.3, 0.4) is 0 Å². The van der Waals surface area contributed by atoms with Crippen LogP contribution in [-0.4, -0.2) is 39.1 Å². The van der Waals surface area contributed by atoms with Gasteiger partial charge in [-0.15, -0.1) is 11.6 Å². The van der Waals surface area contributed by atoms with Crippen molar-refractivity contribution in [1.82, 2.24) is 14.7 Å². The van der Waals surface area contributed by atoms with E-state index in [-0.39, 0.29) is 5.91 Å². The molecule has 0 saturated heterocycles. The number of nitrogens with zero attached hydrogens (tertiary/aromatic N) is 3. The summed E-state index contributed by atoms with van der Waals surface area (Å²) in [7, 11) is 1.75. The Labute approximate surface area is 124 Å².